The van der Waals surface area contributed by atoms with E-state index >= 15 is 0 Å². The van der Waals surface area contributed by atoms with Gasteiger partial charge in [-0.1, -0.05) is 0 Å². The van der Waals surface area contributed by atoms with Gasteiger partial charge in [-0.25, -0.2) is 8.42 Å². The Kier molecular flexibility index (Phi) is 5.05. The number of sulfone groups is 1. The van der Waals surface area contributed by atoms with Crippen LogP contribution in [-0.4, -0.2) is 62.1 Å². The maximum absolute atomic E-state index is 13.4. The third kappa shape index (κ3) is 3.23. The molecular formula is C14H21F2NaO4S. The van der Waals surface area contributed by atoms with Gasteiger partial charge in [0.25, 0.3) is 0 Å². The zero-order valence-corrected chi connectivity index (χ0v) is 12.8. The average Bonchev–Trinajstić information content (AvgIpc) is 2.32. The van der Waals surface area contributed by atoms with Gasteiger partial charge in [0.2, 0.25) is 9.84 Å². The van der Waals surface area contributed by atoms with Crippen LogP contribution in [0.25, 0.3) is 0 Å². The van der Waals surface area contributed by atoms with E-state index in [1.165, 1.54) is 0 Å². The third-order valence-corrected chi connectivity index (χ3v) is 6.59. The van der Waals surface area contributed by atoms with Crippen molar-refractivity contribution in [1.82, 2.24) is 0 Å². The molecule has 0 aliphatic heterocycles. The number of rotatable bonds is 4. The second-order valence-corrected chi connectivity index (χ2v) is 9.33. The molecule has 4 rings (SSSR count). The van der Waals surface area contributed by atoms with Gasteiger partial charge in [-0.05, 0) is 56.3 Å². The zero-order valence-electron chi connectivity index (χ0n) is 12.0. The molecule has 0 unspecified atom stereocenters. The van der Waals surface area contributed by atoms with Gasteiger partial charge in [0.05, 0.1) is 5.41 Å². The number of carbonyl (C=O) groups is 1. The fraction of sp³-hybridized carbons (Fsp3) is 0.929. The first kappa shape index (κ1) is 18.6. The summed E-state index contributed by atoms with van der Waals surface area (Å²) in [6.07, 6.45) is 5.97. The van der Waals surface area contributed by atoms with Crippen LogP contribution in [0.2, 0.25) is 0 Å². The van der Waals surface area contributed by atoms with Crippen LogP contribution >= 0.6 is 0 Å². The van der Waals surface area contributed by atoms with Crippen molar-refractivity contribution in [2.24, 2.45) is 23.2 Å². The molecule has 4 bridgehead atoms. The summed E-state index contributed by atoms with van der Waals surface area (Å²) in [4.78, 5) is 12.3. The van der Waals surface area contributed by atoms with Crippen molar-refractivity contribution < 1.29 is 26.7 Å². The van der Waals surface area contributed by atoms with Crippen molar-refractivity contribution in [3.05, 3.63) is 0 Å². The molecule has 0 amide bonds. The van der Waals surface area contributed by atoms with Crippen LogP contribution in [0.5, 0.6) is 0 Å². The monoisotopic (exact) mass is 346 g/mol. The molecule has 0 N–H and O–H groups in total. The summed E-state index contributed by atoms with van der Waals surface area (Å²) < 4.78 is 53.5. The second-order valence-electron chi connectivity index (χ2n) is 7.18. The molecular weight excluding hydrogens is 325 g/mol. The minimum absolute atomic E-state index is 0. The molecule has 0 spiro atoms. The fourth-order valence-electron chi connectivity index (χ4n) is 4.77. The van der Waals surface area contributed by atoms with E-state index in [9.17, 15) is 22.0 Å². The topological polar surface area (TPSA) is 60.4 Å². The Morgan fingerprint density at radius 2 is 1.55 bits per heavy atom. The van der Waals surface area contributed by atoms with Crippen molar-refractivity contribution in [3.8, 4) is 0 Å². The predicted octanol–water partition coefficient (Wildman–Crippen LogP) is 1.73. The van der Waals surface area contributed by atoms with E-state index in [2.05, 4.69) is 0 Å². The summed E-state index contributed by atoms with van der Waals surface area (Å²) in [5.74, 6) is 0.877. The molecule has 0 aromatic rings. The van der Waals surface area contributed by atoms with Crippen molar-refractivity contribution in [2.45, 2.75) is 43.8 Å². The quantitative estimate of drug-likeness (QED) is 0.575. The number of carbonyl (C=O) groups excluding carboxylic acids is 1. The van der Waals surface area contributed by atoms with Gasteiger partial charge < -0.3 is 4.74 Å². The first-order chi connectivity index (χ1) is 9.61. The van der Waals surface area contributed by atoms with Crippen molar-refractivity contribution in [3.63, 3.8) is 0 Å². The van der Waals surface area contributed by atoms with E-state index in [-0.39, 0.29) is 29.6 Å². The van der Waals surface area contributed by atoms with Gasteiger partial charge >= 0.3 is 40.8 Å². The Balaban J connectivity index is 0.00000176. The Labute approximate surface area is 151 Å². The van der Waals surface area contributed by atoms with Gasteiger partial charge in [0.15, 0.2) is 6.61 Å². The first-order valence-corrected chi connectivity index (χ1v) is 9.25. The van der Waals surface area contributed by atoms with Crippen molar-refractivity contribution in [2.75, 3.05) is 12.9 Å². The summed E-state index contributed by atoms with van der Waals surface area (Å²) >= 11 is 0. The number of hydrogen-bond acceptors (Lipinski definition) is 4. The average molecular weight is 346 g/mol. The molecule has 0 heterocycles. The van der Waals surface area contributed by atoms with E-state index in [0.29, 0.717) is 43.3 Å². The molecule has 4 aliphatic rings. The van der Waals surface area contributed by atoms with Crippen LogP contribution in [-0.2, 0) is 19.4 Å². The predicted molar refractivity (Wildman–Crippen MR) is 78.5 cm³/mol. The van der Waals surface area contributed by atoms with Gasteiger partial charge in [-0.3, -0.25) is 4.79 Å². The maximum atomic E-state index is 13.4. The van der Waals surface area contributed by atoms with Crippen molar-refractivity contribution >= 4 is 45.4 Å². The van der Waals surface area contributed by atoms with Crippen molar-refractivity contribution in [1.29, 1.82) is 0 Å². The molecule has 0 atom stereocenters. The van der Waals surface area contributed by atoms with Crippen LogP contribution in [0.15, 0.2) is 0 Å². The number of esters is 1. The standard InChI is InChI=1S/C14H20F2O4S.Na.H/c1-21(18,19)14(15,16)8-20-12(17)13-5-9-2-10(6-13)4-11(3-9)7-13;;/h9-11H,2-8H2,1H3;;. The third-order valence-electron chi connectivity index (χ3n) is 5.39. The Bertz CT molecular complexity index is 526. The number of ether oxygens (including phenoxy) is 1. The van der Waals surface area contributed by atoms with Gasteiger partial charge in [0, 0.05) is 6.26 Å². The molecule has 8 heteroatoms. The van der Waals surface area contributed by atoms with Crippen LogP contribution in [0.4, 0.5) is 8.78 Å². The Morgan fingerprint density at radius 3 is 1.91 bits per heavy atom. The zero-order chi connectivity index (χ0) is 15.5. The molecule has 0 aromatic heterocycles. The molecule has 0 aromatic carbocycles. The van der Waals surface area contributed by atoms with Crippen LogP contribution in [0.1, 0.15) is 38.5 Å². The molecule has 122 valence electrons. The van der Waals surface area contributed by atoms with Gasteiger partial charge in [0.1, 0.15) is 0 Å². The van der Waals surface area contributed by atoms with E-state index in [4.69, 9.17) is 4.74 Å². The van der Waals surface area contributed by atoms with Crippen LogP contribution in [0, 0.1) is 23.2 Å². The van der Waals surface area contributed by atoms with Crippen LogP contribution in [0.3, 0.4) is 0 Å². The van der Waals surface area contributed by atoms with Crippen LogP contribution < -0.4 is 0 Å². The second kappa shape index (κ2) is 5.97. The number of hydrogen-bond donors (Lipinski definition) is 0. The molecule has 4 aliphatic carbocycles. The van der Waals surface area contributed by atoms with Gasteiger partial charge in [-0.15, -0.1) is 0 Å². The molecule has 4 nitrogen and oxygen atoms in total. The fourth-order valence-corrected chi connectivity index (χ4v) is 5.04. The normalized spacial score (nSPS) is 36.8. The number of halogens is 2. The summed E-state index contributed by atoms with van der Waals surface area (Å²) in [7, 11) is -4.56. The first-order valence-electron chi connectivity index (χ1n) is 7.36. The van der Waals surface area contributed by atoms with E-state index in [1.807, 2.05) is 0 Å². The number of alkyl halides is 2. The Hall–Kier alpha value is 0.280. The molecule has 0 saturated heterocycles. The minimum atomic E-state index is -4.56. The summed E-state index contributed by atoms with van der Waals surface area (Å²) in [6, 6.07) is 0. The summed E-state index contributed by atoms with van der Waals surface area (Å²) in [5.41, 5.74) is -0.637. The molecule has 4 saturated carbocycles. The van der Waals surface area contributed by atoms with E-state index in [0.717, 1.165) is 19.3 Å². The Morgan fingerprint density at radius 1 is 1.14 bits per heavy atom. The molecule has 22 heavy (non-hydrogen) atoms. The SMILES string of the molecule is CS(=O)(=O)C(F)(F)COC(=O)C12CC3CC(CC(C3)C1)C2.[NaH]. The van der Waals surface area contributed by atoms with E-state index < -0.39 is 33.1 Å². The molecule has 4 fully saturated rings. The summed E-state index contributed by atoms with van der Waals surface area (Å²) in [5, 5.41) is -4.01. The summed E-state index contributed by atoms with van der Waals surface area (Å²) in [6.45, 7) is -1.37. The van der Waals surface area contributed by atoms with Gasteiger partial charge in [-0.2, -0.15) is 8.78 Å². The molecule has 0 radical (unpaired) electrons. The van der Waals surface area contributed by atoms with E-state index in [1.54, 1.807) is 0 Å².